The fourth-order valence-corrected chi connectivity index (χ4v) is 2.25. The Hall–Kier alpha value is -1.97. The molecule has 0 radical (unpaired) electrons. The molecule has 1 heterocycles. The molecule has 2 rings (SSSR count). The third-order valence-corrected chi connectivity index (χ3v) is 3.35. The number of nitrogens with zero attached hydrogens (tertiary/aromatic N) is 2. The lowest BCUT2D eigenvalue weighted by molar-refractivity contribution is -0.124. The third-order valence-electron chi connectivity index (χ3n) is 3.35. The number of carbonyl (C=O) groups excluding carboxylic acids is 2. The van der Waals surface area contributed by atoms with E-state index in [1.807, 2.05) is 32.0 Å². The quantitative estimate of drug-likeness (QED) is 0.836. The predicted octanol–water partition coefficient (Wildman–Crippen LogP) is 2.62. The number of rotatable bonds is 3. The van der Waals surface area contributed by atoms with Gasteiger partial charge in [-0.3, -0.25) is 9.59 Å². The summed E-state index contributed by atoms with van der Waals surface area (Å²) in [5.74, 6) is -0.505. The fraction of sp³-hybridized carbons (Fsp3) is 0.400. The Labute approximate surface area is 113 Å². The van der Waals surface area contributed by atoms with E-state index >= 15 is 0 Å². The second kappa shape index (κ2) is 4.96. The van der Waals surface area contributed by atoms with E-state index in [0.29, 0.717) is 5.71 Å². The fourth-order valence-electron chi connectivity index (χ4n) is 2.25. The molecule has 4 heteroatoms. The Morgan fingerprint density at radius 3 is 2.63 bits per heavy atom. The first-order valence-corrected chi connectivity index (χ1v) is 6.36. The van der Waals surface area contributed by atoms with Crippen molar-refractivity contribution in [2.24, 2.45) is 11.0 Å². The van der Waals surface area contributed by atoms with Crippen LogP contribution in [0.15, 0.2) is 23.3 Å². The van der Waals surface area contributed by atoms with Gasteiger partial charge in [0.15, 0.2) is 0 Å². The van der Waals surface area contributed by atoms with Crippen LogP contribution in [0.25, 0.3) is 0 Å². The number of benzene rings is 1. The van der Waals surface area contributed by atoms with Crippen LogP contribution in [0.5, 0.6) is 0 Å². The van der Waals surface area contributed by atoms with Gasteiger partial charge in [0, 0.05) is 12.1 Å². The number of ketones is 1. The Bertz CT molecular complexity index is 576. The van der Waals surface area contributed by atoms with Crippen molar-refractivity contribution >= 4 is 23.1 Å². The van der Waals surface area contributed by atoms with Gasteiger partial charge in [-0.2, -0.15) is 10.1 Å². The van der Waals surface area contributed by atoms with Gasteiger partial charge < -0.3 is 0 Å². The molecule has 0 aliphatic carbocycles. The molecule has 1 aliphatic heterocycles. The number of hydrazone groups is 1. The number of carbonyl (C=O) groups is 2. The lowest BCUT2D eigenvalue weighted by Crippen LogP contribution is -2.28. The second-order valence-electron chi connectivity index (χ2n) is 5.14. The van der Waals surface area contributed by atoms with Crippen LogP contribution in [0.2, 0.25) is 0 Å². The molecule has 1 unspecified atom stereocenters. The summed E-state index contributed by atoms with van der Waals surface area (Å²) < 4.78 is 0. The number of Topliss-reactive ketones (excluding diaryl/α,β-unsaturated/α-hetero) is 1. The molecule has 0 N–H and O–H groups in total. The zero-order chi connectivity index (χ0) is 14.2. The minimum atomic E-state index is -0.405. The first-order chi connectivity index (χ1) is 8.90. The Balaban J connectivity index is 2.35. The summed E-state index contributed by atoms with van der Waals surface area (Å²) >= 11 is 0. The molecule has 19 heavy (non-hydrogen) atoms. The first kappa shape index (κ1) is 13.5. The van der Waals surface area contributed by atoms with Gasteiger partial charge in [0.1, 0.15) is 5.78 Å². The van der Waals surface area contributed by atoms with E-state index in [1.54, 1.807) is 6.92 Å². The SMILES string of the molecule is CC(=O)CC1C(=O)N(c2cc(C)ccc2C)N=C1C. The molecule has 1 atom stereocenters. The van der Waals surface area contributed by atoms with Gasteiger partial charge in [0.25, 0.3) is 5.91 Å². The van der Waals surface area contributed by atoms with E-state index < -0.39 is 5.92 Å². The summed E-state index contributed by atoms with van der Waals surface area (Å²) in [4.78, 5) is 23.6. The van der Waals surface area contributed by atoms with Crippen LogP contribution < -0.4 is 5.01 Å². The molecule has 0 spiro atoms. The van der Waals surface area contributed by atoms with Crippen molar-refractivity contribution in [2.75, 3.05) is 5.01 Å². The van der Waals surface area contributed by atoms with E-state index in [9.17, 15) is 9.59 Å². The van der Waals surface area contributed by atoms with Gasteiger partial charge in [-0.15, -0.1) is 0 Å². The molecule has 4 nitrogen and oxygen atoms in total. The zero-order valence-electron chi connectivity index (χ0n) is 11.7. The standard InChI is InChI=1S/C15H18N2O2/c1-9-5-6-10(2)14(7-9)17-15(19)13(8-11(3)18)12(4)16-17/h5-7,13H,8H2,1-4H3. The van der Waals surface area contributed by atoms with Crippen LogP contribution in [0.3, 0.4) is 0 Å². The summed E-state index contributed by atoms with van der Waals surface area (Å²) in [6.45, 7) is 7.23. The van der Waals surface area contributed by atoms with Crippen molar-refractivity contribution in [3.8, 4) is 0 Å². The summed E-state index contributed by atoms with van der Waals surface area (Å²) in [6, 6.07) is 5.92. The van der Waals surface area contributed by atoms with Gasteiger partial charge in [-0.05, 0) is 44.9 Å². The highest BCUT2D eigenvalue weighted by Gasteiger charge is 2.35. The minimum Gasteiger partial charge on any atom is -0.300 e. The highest BCUT2D eigenvalue weighted by Crippen LogP contribution is 2.29. The Morgan fingerprint density at radius 2 is 2.00 bits per heavy atom. The van der Waals surface area contributed by atoms with Crippen molar-refractivity contribution in [2.45, 2.75) is 34.1 Å². The predicted molar refractivity (Wildman–Crippen MR) is 75.3 cm³/mol. The molecule has 0 saturated heterocycles. The number of aryl methyl sites for hydroxylation is 2. The minimum absolute atomic E-state index is 0.00992. The van der Waals surface area contributed by atoms with Crippen molar-refractivity contribution < 1.29 is 9.59 Å². The zero-order valence-corrected chi connectivity index (χ0v) is 11.7. The van der Waals surface area contributed by atoms with Gasteiger partial charge in [0.2, 0.25) is 0 Å². The van der Waals surface area contributed by atoms with Crippen LogP contribution in [0, 0.1) is 19.8 Å². The maximum Gasteiger partial charge on any atom is 0.256 e. The van der Waals surface area contributed by atoms with Gasteiger partial charge in [-0.1, -0.05) is 12.1 Å². The highest BCUT2D eigenvalue weighted by atomic mass is 16.2. The number of hydrogen-bond donors (Lipinski definition) is 0. The van der Waals surface area contributed by atoms with Crippen molar-refractivity contribution in [3.05, 3.63) is 29.3 Å². The summed E-state index contributed by atoms with van der Waals surface area (Å²) in [5, 5.41) is 5.76. The number of hydrogen-bond acceptors (Lipinski definition) is 3. The van der Waals surface area contributed by atoms with Crippen molar-refractivity contribution in [1.29, 1.82) is 0 Å². The maximum atomic E-state index is 12.4. The van der Waals surface area contributed by atoms with E-state index in [0.717, 1.165) is 16.8 Å². The van der Waals surface area contributed by atoms with E-state index in [2.05, 4.69) is 5.10 Å². The Morgan fingerprint density at radius 1 is 1.32 bits per heavy atom. The monoisotopic (exact) mass is 258 g/mol. The molecule has 1 aromatic rings. The smallest absolute Gasteiger partial charge is 0.256 e. The topological polar surface area (TPSA) is 49.7 Å². The van der Waals surface area contributed by atoms with Crippen molar-refractivity contribution in [1.82, 2.24) is 0 Å². The van der Waals surface area contributed by atoms with Crippen LogP contribution in [-0.4, -0.2) is 17.4 Å². The molecule has 1 aromatic carbocycles. The molecular weight excluding hydrogens is 240 g/mol. The van der Waals surface area contributed by atoms with Crippen molar-refractivity contribution in [3.63, 3.8) is 0 Å². The normalized spacial score (nSPS) is 18.7. The molecule has 0 bridgehead atoms. The largest absolute Gasteiger partial charge is 0.300 e. The Kier molecular flexibility index (Phi) is 3.51. The average molecular weight is 258 g/mol. The summed E-state index contributed by atoms with van der Waals surface area (Å²) in [5.41, 5.74) is 3.59. The average Bonchev–Trinajstić information content (AvgIpc) is 2.60. The number of anilines is 1. The molecule has 0 aromatic heterocycles. The van der Waals surface area contributed by atoms with Gasteiger partial charge in [-0.25, -0.2) is 0 Å². The molecule has 0 fully saturated rings. The van der Waals surface area contributed by atoms with Crippen LogP contribution in [-0.2, 0) is 9.59 Å². The lowest BCUT2D eigenvalue weighted by Gasteiger charge is -2.16. The second-order valence-corrected chi connectivity index (χ2v) is 5.14. The van der Waals surface area contributed by atoms with Crippen LogP contribution >= 0.6 is 0 Å². The van der Waals surface area contributed by atoms with Crippen LogP contribution in [0.1, 0.15) is 31.4 Å². The highest BCUT2D eigenvalue weighted by molar-refractivity contribution is 6.16. The van der Waals surface area contributed by atoms with E-state index in [-0.39, 0.29) is 18.1 Å². The summed E-state index contributed by atoms with van der Waals surface area (Å²) in [6.07, 6.45) is 0.232. The van der Waals surface area contributed by atoms with E-state index in [4.69, 9.17) is 0 Å². The first-order valence-electron chi connectivity index (χ1n) is 6.36. The molecule has 1 aliphatic rings. The maximum absolute atomic E-state index is 12.4. The van der Waals surface area contributed by atoms with E-state index in [1.165, 1.54) is 11.9 Å². The molecule has 0 saturated carbocycles. The summed E-state index contributed by atoms with van der Waals surface area (Å²) in [7, 11) is 0. The number of amides is 1. The molecule has 100 valence electrons. The van der Waals surface area contributed by atoms with Crippen LogP contribution in [0.4, 0.5) is 5.69 Å². The van der Waals surface area contributed by atoms with Gasteiger partial charge >= 0.3 is 0 Å². The van der Waals surface area contributed by atoms with Gasteiger partial charge in [0.05, 0.1) is 11.6 Å². The lowest BCUT2D eigenvalue weighted by atomic mass is 9.98. The third kappa shape index (κ3) is 2.57. The molecular formula is C15H18N2O2. The molecule has 1 amide bonds.